The van der Waals surface area contributed by atoms with E-state index in [-0.39, 0.29) is 24.5 Å². The van der Waals surface area contributed by atoms with Gasteiger partial charge in [-0.25, -0.2) is 0 Å². The molecule has 2 aliphatic rings. The summed E-state index contributed by atoms with van der Waals surface area (Å²) in [4.78, 5) is 12.8. The number of benzene rings is 1. The quantitative estimate of drug-likeness (QED) is 0.794. The lowest BCUT2D eigenvalue weighted by atomic mass is 9.82. The summed E-state index contributed by atoms with van der Waals surface area (Å²) in [5.41, 5.74) is 1.13. The van der Waals surface area contributed by atoms with Crippen LogP contribution in [-0.4, -0.2) is 23.7 Å². The van der Waals surface area contributed by atoms with Gasteiger partial charge in [-0.05, 0) is 43.1 Å². The summed E-state index contributed by atoms with van der Waals surface area (Å²) < 4.78 is 0. The average Bonchev–Trinajstić information content (AvgIpc) is 3.17. The molecular formula is C20H25NO2. The summed E-state index contributed by atoms with van der Waals surface area (Å²) in [5.74, 6) is 1.22. The lowest BCUT2D eigenvalue weighted by Gasteiger charge is -2.27. The Morgan fingerprint density at radius 1 is 1.30 bits per heavy atom. The van der Waals surface area contributed by atoms with Gasteiger partial charge in [0.05, 0.1) is 18.6 Å². The molecule has 3 heteroatoms. The van der Waals surface area contributed by atoms with Crippen molar-refractivity contribution in [1.29, 1.82) is 0 Å². The van der Waals surface area contributed by atoms with Crippen molar-refractivity contribution in [3.8, 4) is 0 Å². The van der Waals surface area contributed by atoms with Gasteiger partial charge in [0.1, 0.15) is 0 Å². The Labute approximate surface area is 138 Å². The van der Waals surface area contributed by atoms with Crippen molar-refractivity contribution in [2.75, 3.05) is 6.61 Å². The number of aliphatic hydroxyl groups excluding tert-OH is 1. The first-order valence-electron chi connectivity index (χ1n) is 8.49. The van der Waals surface area contributed by atoms with Gasteiger partial charge in [0.2, 0.25) is 5.91 Å². The molecule has 23 heavy (non-hydrogen) atoms. The number of carbonyl (C=O) groups excluding carboxylic acids is 1. The first-order valence-corrected chi connectivity index (χ1v) is 8.49. The van der Waals surface area contributed by atoms with E-state index in [1.165, 1.54) is 0 Å². The molecule has 3 nitrogen and oxygen atoms in total. The van der Waals surface area contributed by atoms with Gasteiger partial charge in [0, 0.05) is 0 Å². The summed E-state index contributed by atoms with van der Waals surface area (Å²) in [6, 6.07) is 9.76. The van der Waals surface area contributed by atoms with Crippen LogP contribution in [0.1, 0.15) is 18.9 Å². The molecule has 0 heterocycles. The summed E-state index contributed by atoms with van der Waals surface area (Å²) >= 11 is 0. The fourth-order valence-electron chi connectivity index (χ4n) is 4.07. The summed E-state index contributed by atoms with van der Waals surface area (Å²) in [7, 11) is 0. The fourth-order valence-corrected chi connectivity index (χ4v) is 4.07. The third-order valence-corrected chi connectivity index (χ3v) is 5.13. The molecule has 1 fully saturated rings. The molecule has 122 valence electrons. The van der Waals surface area contributed by atoms with Crippen LogP contribution in [0.2, 0.25) is 0 Å². The van der Waals surface area contributed by atoms with E-state index >= 15 is 0 Å². The van der Waals surface area contributed by atoms with E-state index in [1.54, 1.807) is 0 Å². The third kappa shape index (κ3) is 3.40. The van der Waals surface area contributed by atoms with Crippen molar-refractivity contribution < 1.29 is 9.90 Å². The lowest BCUT2D eigenvalue weighted by Crippen LogP contribution is -2.45. The van der Waals surface area contributed by atoms with Crippen LogP contribution < -0.4 is 5.32 Å². The topological polar surface area (TPSA) is 49.3 Å². The maximum atomic E-state index is 12.8. The van der Waals surface area contributed by atoms with Crippen LogP contribution in [0.3, 0.4) is 0 Å². The minimum atomic E-state index is -0.223. The van der Waals surface area contributed by atoms with Crippen LogP contribution in [-0.2, 0) is 11.2 Å². The molecule has 0 saturated heterocycles. The van der Waals surface area contributed by atoms with Gasteiger partial charge >= 0.3 is 0 Å². The Morgan fingerprint density at radius 3 is 2.74 bits per heavy atom. The largest absolute Gasteiger partial charge is 0.394 e. The highest BCUT2D eigenvalue weighted by molar-refractivity contribution is 5.81. The van der Waals surface area contributed by atoms with E-state index in [0.717, 1.165) is 12.0 Å². The van der Waals surface area contributed by atoms with E-state index in [9.17, 15) is 9.90 Å². The van der Waals surface area contributed by atoms with Crippen molar-refractivity contribution in [3.05, 3.63) is 60.2 Å². The van der Waals surface area contributed by atoms with Gasteiger partial charge in [-0.1, -0.05) is 54.6 Å². The molecule has 1 amide bonds. The van der Waals surface area contributed by atoms with Gasteiger partial charge in [-0.15, -0.1) is 0 Å². The zero-order chi connectivity index (χ0) is 16.2. The number of aliphatic hydroxyl groups is 1. The van der Waals surface area contributed by atoms with Gasteiger partial charge in [0.15, 0.2) is 0 Å². The van der Waals surface area contributed by atoms with Gasteiger partial charge < -0.3 is 10.4 Å². The van der Waals surface area contributed by atoms with Crippen LogP contribution in [0.5, 0.6) is 0 Å². The molecule has 0 unspecified atom stereocenters. The van der Waals surface area contributed by atoms with E-state index in [4.69, 9.17) is 0 Å². The Morgan fingerprint density at radius 2 is 2.04 bits per heavy atom. The number of carbonyl (C=O) groups is 1. The number of amides is 1. The van der Waals surface area contributed by atoms with E-state index in [0.29, 0.717) is 24.2 Å². The minimum absolute atomic E-state index is 0.00558. The van der Waals surface area contributed by atoms with Crippen molar-refractivity contribution >= 4 is 5.91 Å². The molecule has 5 atom stereocenters. The molecule has 3 rings (SSSR count). The molecule has 1 aromatic carbocycles. The second-order valence-corrected chi connectivity index (χ2v) is 6.66. The van der Waals surface area contributed by atoms with E-state index in [2.05, 4.69) is 23.5 Å². The highest BCUT2D eigenvalue weighted by Gasteiger charge is 2.46. The fraction of sp³-hybridized carbons (Fsp3) is 0.450. The van der Waals surface area contributed by atoms with Crippen LogP contribution in [0.15, 0.2) is 54.6 Å². The number of rotatable bonds is 6. The Bertz CT molecular complexity index is 593. The highest BCUT2D eigenvalue weighted by atomic mass is 16.3. The van der Waals surface area contributed by atoms with Gasteiger partial charge in [-0.3, -0.25) is 4.79 Å². The minimum Gasteiger partial charge on any atom is -0.394 e. The van der Waals surface area contributed by atoms with Gasteiger partial charge in [-0.2, -0.15) is 0 Å². The van der Waals surface area contributed by atoms with E-state index in [1.807, 2.05) is 43.3 Å². The van der Waals surface area contributed by atoms with Crippen LogP contribution in [0.4, 0.5) is 0 Å². The summed E-state index contributed by atoms with van der Waals surface area (Å²) in [6.45, 7) is 1.97. The molecule has 0 aromatic heterocycles. The number of nitrogens with one attached hydrogen (secondary N) is 1. The normalized spacial score (nSPS) is 30.0. The lowest BCUT2D eigenvalue weighted by molar-refractivity contribution is -0.127. The third-order valence-electron chi connectivity index (χ3n) is 5.13. The zero-order valence-electron chi connectivity index (χ0n) is 13.6. The van der Waals surface area contributed by atoms with Crippen LogP contribution in [0, 0.1) is 23.7 Å². The predicted molar refractivity (Wildman–Crippen MR) is 91.7 cm³/mol. The zero-order valence-corrected chi connectivity index (χ0v) is 13.6. The standard InChI is InChI=1S/C20H25NO2/c1-2-6-18-15-9-10-16(12-15)19(18)20(23)21-17(13-22)11-14-7-4-3-5-8-14/h2-10,15-19,22H,11-13H2,1H3,(H,21,23)/b6-2+/t15-,16+,17-,18+,19-/m0/s1. The molecule has 0 spiro atoms. The molecule has 1 aromatic rings. The number of allylic oxidation sites excluding steroid dienone is 4. The first-order chi connectivity index (χ1) is 11.2. The monoisotopic (exact) mass is 311 g/mol. The molecule has 2 bridgehead atoms. The Balaban J connectivity index is 1.66. The van der Waals surface area contributed by atoms with E-state index < -0.39 is 0 Å². The molecule has 0 radical (unpaired) electrons. The van der Waals surface area contributed by atoms with Crippen LogP contribution >= 0.6 is 0 Å². The summed E-state index contributed by atoms with van der Waals surface area (Å²) in [6.07, 6.45) is 10.4. The number of hydrogen-bond acceptors (Lipinski definition) is 2. The van der Waals surface area contributed by atoms with Crippen molar-refractivity contribution in [2.24, 2.45) is 23.7 Å². The second kappa shape index (κ2) is 7.14. The van der Waals surface area contributed by atoms with Crippen molar-refractivity contribution in [3.63, 3.8) is 0 Å². The summed E-state index contributed by atoms with van der Waals surface area (Å²) in [5, 5.41) is 12.7. The highest BCUT2D eigenvalue weighted by Crippen LogP contribution is 2.48. The number of hydrogen-bond donors (Lipinski definition) is 2. The molecule has 2 aliphatic carbocycles. The van der Waals surface area contributed by atoms with Crippen molar-refractivity contribution in [2.45, 2.75) is 25.8 Å². The SMILES string of the molecule is C/C=C/[C@H]1[C@@H](C(=O)N[C@H](CO)Cc2ccccc2)[C@@H]2C=C[C@H]1C2. The Kier molecular flexibility index (Phi) is 4.97. The second-order valence-electron chi connectivity index (χ2n) is 6.66. The van der Waals surface area contributed by atoms with Crippen LogP contribution in [0.25, 0.3) is 0 Å². The maximum Gasteiger partial charge on any atom is 0.224 e. The number of fused-ring (bicyclic) bond motifs is 2. The smallest absolute Gasteiger partial charge is 0.224 e. The molecule has 0 aliphatic heterocycles. The average molecular weight is 311 g/mol. The maximum absolute atomic E-state index is 12.8. The van der Waals surface area contributed by atoms with Gasteiger partial charge in [0.25, 0.3) is 0 Å². The van der Waals surface area contributed by atoms with Crippen molar-refractivity contribution in [1.82, 2.24) is 5.32 Å². The predicted octanol–water partition coefficient (Wildman–Crippen LogP) is 2.72. The Hall–Kier alpha value is -1.87. The molecule has 2 N–H and O–H groups in total. The first kappa shape index (κ1) is 16.0. The molecule has 1 saturated carbocycles. The molecular weight excluding hydrogens is 286 g/mol.